The summed E-state index contributed by atoms with van der Waals surface area (Å²) in [6.07, 6.45) is 5.01. The highest BCUT2D eigenvalue weighted by Crippen LogP contribution is 2.23. The van der Waals surface area contributed by atoms with Crippen LogP contribution in [0.25, 0.3) is 0 Å². The summed E-state index contributed by atoms with van der Waals surface area (Å²) in [7, 11) is 0. The van der Waals surface area contributed by atoms with Gasteiger partial charge in [-0.3, -0.25) is 0 Å². The summed E-state index contributed by atoms with van der Waals surface area (Å²) < 4.78 is 0. The maximum absolute atomic E-state index is 5.80. The number of rotatable bonds is 5. The minimum absolute atomic E-state index is 0.654. The molecule has 0 saturated carbocycles. The first kappa shape index (κ1) is 12.4. The molecule has 1 heterocycles. The molecule has 17 heavy (non-hydrogen) atoms. The lowest BCUT2D eigenvalue weighted by molar-refractivity contribution is -0.0346. The lowest BCUT2D eigenvalue weighted by Crippen LogP contribution is -2.23. The van der Waals surface area contributed by atoms with Gasteiger partial charge < -0.3 is 4.84 Å². The van der Waals surface area contributed by atoms with Crippen molar-refractivity contribution in [2.75, 3.05) is 13.1 Å². The molecule has 1 atom stereocenters. The van der Waals surface area contributed by atoms with E-state index in [0.717, 1.165) is 18.8 Å². The van der Waals surface area contributed by atoms with Crippen molar-refractivity contribution in [3.8, 4) is 5.75 Å². The molecule has 0 spiro atoms. The summed E-state index contributed by atoms with van der Waals surface area (Å²) >= 11 is 0. The van der Waals surface area contributed by atoms with Crippen LogP contribution in [0.3, 0.4) is 0 Å². The molecule has 0 bridgehead atoms. The van der Waals surface area contributed by atoms with Crippen molar-refractivity contribution in [1.29, 1.82) is 0 Å². The summed E-state index contributed by atoms with van der Waals surface area (Å²) in [6, 6.07) is 8.59. The zero-order valence-corrected chi connectivity index (χ0v) is 11.0. The van der Waals surface area contributed by atoms with Crippen molar-refractivity contribution in [3.05, 3.63) is 29.8 Å². The molecule has 1 aliphatic rings. The van der Waals surface area contributed by atoms with Gasteiger partial charge >= 0.3 is 0 Å². The van der Waals surface area contributed by atoms with E-state index in [9.17, 15) is 0 Å². The molecular formula is C15H23NO. The van der Waals surface area contributed by atoms with Crippen molar-refractivity contribution in [2.45, 2.75) is 45.4 Å². The molecule has 0 amide bonds. The third kappa shape index (κ3) is 3.47. The summed E-state index contributed by atoms with van der Waals surface area (Å²) in [4.78, 5) is 5.80. The first-order valence-corrected chi connectivity index (χ1v) is 6.82. The second-order valence-electron chi connectivity index (χ2n) is 4.99. The predicted molar refractivity (Wildman–Crippen MR) is 71.2 cm³/mol. The molecule has 0 aliphatic carbocycles. The van der Waals surface area contributed by atoms with Gasteiger partial charge in [0.15, 0.2) is 0 Å². The summed E-state index contributed by atoms with van der Waals surface area (Å²) in [5, 5.41) is 2.06. The second kappa shape index (κ2) is 6.06. The molecule has 0 N–H and O–H groups in total. The van der Waals surface area contributed by atoms with Gasteiger partial charge in [-0.1, -0.05) is 32.4 Å². The van der Waals surface area contributed by atoms with Crippen LogP contribution in [-0.4, -0.2) is 18.2 Å². The van der Waals surface area contributed by atoms with Crippen LogP contribution in [0.2, 0.25) is 0 Å². The smallest absolute Gasteiger partial charge is 0.147 e. The Morgan fingerprint density at radius 3 is 2.41 bits per heavy atom. The van der Waals surface area contributed by atoms with Crippen LogP contribution in [0.1, 0.15) is 51.0 Å². The molecule has 2 nitrogen and oxygen atoms in total. The van der Waals surface area contributed by atoms with Crippen LogP contribution < -0.4 is 4.84 Å². The van der Waals surface area contributed by atoms with Crippen molar-refractivity contribution in [3.63, 3.8) is 0 Å². The molecule has 0 radical (unpaired) electrons. The summed E-state index contributed by atoms with van der Waals surface area (Å²) in [5.74, 6) is 1.63. The van der Waals surface area contributed by atoms with Gasteiger partial charge in [-0.05, 0) is 42.9 Å². The van der Waals surface area contributed by atoms with Crippen molar-refractivity contribution in [2.24, 2.45) is 0 Å². The maximum Gasteiger partial charge on any atom is 0.147 e. The highest BCUT2D eigenvalue weighted by molar-refractivity contribution is 5.29. The zero-order chi connectivity index (χ0) is 12.1. The van der Waals surface area contributed by atoms with Crippen molar-refractivity contribution >= 4 is 0 Å². The molecule has 0 aromatic heterocycles. The number of hydrogen-bond acceptors (Lipinski definition) is 2. The van der Waals surface area contributed by atoms with E-state index >= 15 is 0 Å². The lowest BCUT2D eigenvalue weighted by Gasteiger charge is -2.17. The van der Waals surface area contributed by atoms with Crippen molar-refractivity contribution < 1.29 is 4.84 Å². The van der Waals surface area contributed by atoms with E-state index in [1.807, 2.05) is 0 Å². The zero-order valence-electron chi connectivity index (χ0n) is 11.0. The third-order valence-corrected chi connectivity index (χ3v) is 3.47. The van der Waals surface area contributed by atoms with Gasteiger partial charge in [0, 0.05) is 13.1 Å². The molecule has 1 aliphatic heterocycles. The molecule has 94 valence electrons. The minimum atomic E-state index is 0.654. The largest absolute Gasteiger partial charge is 0.406 e. The van der Waals surface area contributed by atoms with Gasteiger partial charge in [-0.15, -0.1) is 5.06 Å². The van der Waals surface area contributed by atoms with Gasteiger partial charge in [0.1, 0.15) is 5.75 Å². The molecule has 2 rings (SSSR count). The predicted octanol–water partition coefficient (Wildman–Crippen LogP) is 3.98. The highest BCUT2D eigenvalue weighted by atomic mass is 16.7. The maximum atomic E-state index is 5.80. The summed E-state index contributed by atoms with van der Waals surface area (Å²) in [6.45, 7) is 6.66. The van der Waals surface area contributed by atoms with E-state index in [-0.39, 0.29) is 0 Å². The number of hydrogen-bond donors (Lipinski definition) is 0. The average molecular weight is 233 g/mol. The first-order chi connectivity index (χ1) is 8.29. The van der Waals surface area contributed by atoms with Crippen molar-refractivity contribution in [1.82, 2.24) is 5.06 Å². The topological polar surface area (TPSA) is 12.5 Å². The molecule has 1 saturated heterocycles. The highest BCUT2D eigenvalue weighted by Gasteiger charge is 2.13. The minimum Gasteiger partial charge on any atom is -0.406 e. The third-order valence-electron chi connectivity index (χ3n) is 3.47. The van der Waals surface area contributed by atoms with E-state index < -0.39 is 0 Å². The Labute approximate surface area is 105 Å². The quantitative estimate of drug-likeness (QED) is 0.762. The van der Waals surface area contributed by atoms with E-state index in [1.54, 1.807) is 0 Å². The fourth-order valence-electron chi connectivity index (χ4n) is 2.39. The van der Waals surface area contributed by atoms with E-state index in [1.165, 1.54) is 31.2 Å². The molecular weight excluding hydrogens is 210 g/mol. The van der Waals surface area contributed by atoms with Crippen LogP contribution in [-0.2, 0) is 0 Å². The Hall–Kier alpha value is -1.02. The fourth-order valence-corrected chi connectivity index (χ4v) is 2.39. The van der Waals surface area contributed by atoms with Crippen LogP contribution in [0.5, 0.6) is 5.75 Å². The average Bonchev–Trinajstić information content (AvgIpc) is 2.83. The monoisotopic (exact) mass is 233 g/mol. The van der Waals surface area contributed by atoms with Gasteiger partial charge in [-0.2, -0.15) is 0 Å². The molecule has 2 heteroatoms. The van der Waals surface area contributed by atoms with Gasteiger partial charge in [0.05, 0.1) is 0 Å². The lowest BCUT2D eigenvalue weighted by atomic mass is 9.97. The Morgan fingerprint density at radius 2 is 1.82 bits per heavy atom. The van der Waals surface area contributed by atoms with Crippen LogP contribution >= 0.6 is 0 Å². The fraction of sp³-hybridized carbons (Fsp3) is 0.600. The Bertz CT molecular complexity index is 327. The Kier molecular flexibility index (Phi) is 4.43. The normalized spacial score (nSPS) is 18.2. The standard InChI is InChI=1S/C15H23NO/c1-3-6-13(2)14-7-9-15(10-8-14)17-16-11-4-5-12-16/h7-10,13H,3-6,11-12H2,1-2H3. The van der Waals surface area contributed by atoms with E-state index in [2.05, 4.69) is 43.2 Å². The number of nitrogens with zero attached hydrogens (tertiary/aromatic N) is 1. The van der Waals surface area contributed by atoms with Crippen LogP contribution in [0.4, 0.5) is 0 Å². The van der Waals surface area contributed by atoms with E-state index in [4.69, 9.17) is 4.84 Å². The molecule has 1 fully saturated rings. The molecule has 1 aromatic carbocycles. The Balaban J connectivity index is 1.92. The Morgan fingerprint density at radius 1 is 1.18 bits per heavy atom. The number of hydroxylamine groups is 2. The van der Waals surface area contributed by atoms with Gasteiger partial charge in [0.25, 0.3) is 0 Å². The van der Waals surface area contributed by atoms with E-state index in [0.29, 0.717) is 5.92 Å². The SMILES string of the molecule is CCCC(C)c1ccc(ON2CCCC2)cc1. The molecule has 1 aromatic rings. The first-order valence-electron chi connectivity index (χ1n) is 6.82. The van der Waals surface area contributed by atoms with Crippen LogP contribution in [0.15, 0.2) is 24.3 Å². The van der Waals surface area contributed by atoms with Gasteiger partial charge in [0.2, 0.25) is 0 Å². The van der Waals surface area contributed by atoms with Crippen LogP contribution in [0, 0.1) is 0 Å². The van der Waals surface area contributed by atoms with Gasteiger partial charge in [-0.25, -0.2) is 0 Å². The molecule has 1 unspecified atom stereocenters. The summed E-state index contributed by atoms with van der Waals surface area (Å²) in [5.41, 5.74) is 1.42. The second-order valence-corrected chi connectivity index (χ2v) is 4.99. The number of benzene rings is 1.